The maximum absolute atomic E-state index is 12.9. The second kappa shape index (κ2) is 7.53. The van der Waals surface area contributed by atoms with Gasteiger partial charge >= 0.3 is 6.18 Å². The summed E-state index contributed by atoms with van der Waals surface area (Å²) < 4.78 is 44.4. The number of nitrogens with zero attached hydrogens (tertiary/aromatic N) is 2. The molecule has 0 unspecified atom stereocenters. The molecule has 1 aromatic rings. The molecule has 2 amide bonds. The van der Waals surface area contributed by atoms with E-state index in [0.29, 0.717) is 30.6 Å². The molecular weight excluding hydrogens is 389 g/mol. The number of imide groups is 1. The number of hydrogen-bond donors (Lipinski definition) is 0. The molecule has 26 heavy (non-hydrogen) atoms. The second-order valence-electron chi connectivity index (χ2n) is 5.79. The second-order valence-corrected chi connectivity index (χ2v) is 7.63. The van der Waals surface area contributed by atoms with Crippen molar-refractivity contribution in [3.05, 3.63) is 29.8 Å². The van der Waals surface area contributed by atoms with Crippen LogP contribution in [0.4, 0.5) is 18.9 Å². The zero-order chi connectivity index (χ0) is 18.9. The van der Waals surface area contributed by atoms with Crippen LogP contribution in [-0.2, 0) is 20.5 Å². The SMILES string of the molecule is O=C1C[C@@H](SC(=S)N2CCOCC2)C(=O)N1c1cccc(C(F)(F)F)c1. The summed E-state index contributed by atoms with van der Waals surface area (Å²) >= 11 is 6.43. The van der Waals surface area contributed by atoms with Crippen molar-refractivity contribution in [2.75, 3.05) is 31.2 Å². The van der Waals surface area contributed by atoms with Gasteiger partial charge in [0, 0.05) is 19.5 Å². The van der Waals surface area contributed by atoms with Crippen LogP contribution < -0.4 is 4.90 Å². The van der Waals surface area contributed by atoms with Gasteiger partial charge in [0.05, 0.1) is 24.5 Å². The predicted molar refractivity (Wildman–Crippen MR) is 94.9 cm³/mol. The maximum atomic E-state index is 12.9. The Bertz CT molecular complexity index is 736. The van der Waals surface area contributed by atoms with Crippen LogP contribution in [0.3, 0.4) is 0 Å². The van der Waals surface area contributed by atoms with Crippen molar-refractivity contribution in [1.82, 2.24) is 4.90 Å². The van der Waals surface area contributed by atoms with E-state index in [1.165, 1.54) is 12.1 Å². The monoisotopic (exact) mass is 404 g/mol. The van der Waals surface area contributed by atoms with Gasteiger partial charge in [-0.2, -0.15) is 13.2 Å². The van der Waals surface area contributed by atoms with E-state index >= 15 is 0 Å². The van der Waals surface area contributed by atoms with Gasteiger partial charge < -0.3 is 9.64 Å². The molecule has 0 saturated carbocycles. The lowest BCUT2D eigenvalue weighted by Gasteiger charge is -2.29. The molecule has 2 heterocycles. The number of rotatable bonds is 2. The fourth-order valence-electron chi connectivity index (χ4n) is 2.73. The van der Waals surface area contributed by atoms with E-state index in [4.69, 9.17) is 17.0 Å². The highest BCUT2D eigenvalue weighted by Gasteiger charge is 2.42. The number of anilines is 1. The van der Waals surface area contributed by atoms with Gasteiger partial charge in [-0.3, -0.25) is 9.59 Å². The van der Waals surface area contributed by atoms with Crippen molar-refractivity contribution in [2.24, 2.45) is 0 Å². The number of alkyl halides is 3. The number of carbonyl (C=O) groups is 2. The third kappa shape index (κ3) is 4.02. The molecule has 0 aliphatic carbocycles. The lowest BCUT2D eigenvalue weighted by molar-refractivity contribution is -0.137. The molecule has 2 aliphatic heterocycles. The van der Waals surface area contributed by atoms with Crippen LogP contribution in [0.2, 0.25) is 0 Å². The van der Waals surface area contributed by atoms with Gasteiger partial charge in [-0.1, -0.05) is 30.0 Å². The quantitative estimate of drug-likeness (QED) is 0.558. The Kier molecular flexibility index (Phi) is 5.54. The fraction of sp³-hybridized carbons (Fsp3) is 0.438. The summed E-state index contributed by atoms with van der Waals surface area (Å²) in [7, 11) is 0. The summed E-state index contributed by atoms with van der Waals surface area (Å²) in [5.74, 6) is -1.08. The standard InChI is InChI=1S/C16H15F3N2O3S2/c17-16(18,19)10-2-1-3-11(8-10)21-13(22)9-12(14(21)23)26-15(25)20-4-6-24-7-5-20/h1-3,8,12H,4-7,9H2/t12-/m1/s1. The van der Waals surface area contributed by atoms with E-state index in [9.17, 15) is 22.8 Å². The highest BCUT2D eigenvalue weighted by molar-refractivity contribution is 8.23. The highest BCUT2D eigenvalue weighted by atomic mass is 32.2. The highest BCUT2D eigenvalue weighted by Crippen LogP contribution is 2.35. The first kappa shape index (κ1) is 19.1. The third-order valence-electron chi connectivity index (χ3n) is 4.05. The lowest BCUT2D eigenvalue weighted by Crippen LogP contribution is -2.39. The number of thioether (sulfide) groups is 1. The number of ether oxygens (including phenoxy) is 1. The number of thiocarbonyl (C=S) groups is 1. The number of amides is 2. The normalized spacial score (nSPS) is 21.4. The minimum absolute atomic E-state index is 0.0739. The molecular formula is C16H15F3N2O3S2. The van der Waals surface area contributed by atoms with Crippen molar-refractivity contribution >= 4 is 45.8 Å². The predicted octanol–water partition coefficient (Wildman–Crippen LogP) is 2.69. The van der Waals surface area contributed by atoms with Crippen molar-refractivity contribution in [3.63, 3.8) is 0 Å². The summed E-state index contributed by atoms with van der Waals surface area (Å²) in [6.45, 7) is 2.29. The first-order valence-corrected chi connectivity index (χ1v) is 9.13. The molecule has 2 fully saturated rings. The third-order valence-corrected chi connectivity index (χ3v) is 5.71. The average molecular weight is 404 g/mol. The van der Waals surface area contributed by atoms with E-state index in [0.717, 1.165) is 28.8 Å². The van der Waals surface area contributed by atoms with Crippen molar-refractivity contribution in [2.45, 2.75) is 17.8 Å². The van der Waals surface area contributed by atoms with Crippen LogP contribution in [0.5, 0.6) is 0 Å². The van der Waals surface area contributed by atoms with Crippen LogP contribution in [0, 0.1) is 0 Å². The molecule has 0 aromatic heterocycles. The van der Waals surface area contributed by atoms with E-state index in [2.05, 4.69) is 0 Å². The summed E-state index contributed by atoms with van der Waals surface area (Å²) in [5, 5.41) is -0.729. The van der Waals surface area contributed by atoms with E-state index in [1.807, 2.05) is 4.90 Å². The van der Waals surface area contributed by atoms with Gasteiger partial charge in [0.15, 0.2) is 0 Å². The number of carbonyl (C=O) groups excluding carboxylic acids is 2. The molecule has 0 radical (unpaired) electrons. The Labute approximate surface area is 157 Å². The van der Waals surface area contributed by atoms with Gasteiger partial charge in [-0.05, 0) is 18.2 Å². The van der Waals surface area contributed by atoms with Crippen LogP contribution >= 0.6 is 24.0 Å². The Morgan fingerprint density at radius 2 is 1.92 bits per heavy atom. The van der Waals surface area contributed by atoms with Gasteiger partial charge in [-0.15, -0.1) is 0 Å². The molecule has 140 valence electrons. The summed E-state index contributed by atoms with van der Waals surface area (Å²) in [4.78, 5) is 27.6. The van der Waals surface area contributed by atoms with Gasteiger partial charge in [0.2, 0.25) is 11.8 Å². The molecule has 1 atom stereocenters. The van der Waals surface area contributed by atoms with Gasteiger partial charge in [0.1, 0.15) is 9.57 Å². The average Bonchev–Trinajstić information content (AvgIpc) is 2.88. The van der Waals surface area contributed by atoms with Crippen LogP contribution in [0.1, 0.15) is 12.0 Å². The van der Waals surface area contributed by atoms with Crippen LogP contribution in [-0.4, -0.2) is 52.6 Å². The first-order valence-electron chi connectivity index (χ1n) is 7.85. The van der Waals surface area contributed by atoms with Gasteiger partial charge in [-0.25, -0.2) is 4.90 Å². The molecule has 3 rings (SSSR count). The van der Waals surface area contributed by atoms with Crippen molar-refractivity contribution < 1.29 is 27.5 Å². The summed E-state index contributed by atoms with van der Waals surface area (Å²) in [6.07, 6.45) is -4.64. The fourth-order valence-corrected chi connectivity index (χ4v) is 4.27. The minimum atomic E-state index is -4.55. The van der Waals surface area contributed by atoms with Crippen molar-refractivity contribution in [3.8, 4) is 0 Å². The van der Waals surface area contributed by atoms with E-state index in [-0.39, 0.29) is 12.1 Å². The lowest BCUT2D eigenvalue weighted by atomic mass is 10.2. The summed E-state index contributed by atoms with van der Waals surface area (Å²) in [5.41, 5.74) is -0.981. The summed E-state index contributed by atoms with van der Waals surface area (Å²) in [6, 6.07) is 4.20. The molecule has 5 nitrogen and oxygen atoms in total. The number of morpholine rings is 1. The van der Waals surface area contributed by atoms with E-state index < -0.39 is 28.8 Å². The molecule has 2 saturated heterocycles. The number of halogens is 3. The van der Waals surface area contributed by atoms with E-state index in [1.54, 1.807) is 0 Å². The molecule has 10 heteroatoms. The minimum Gasteiger partial charge on any atom is -0.378 e. The largest absolute Gasteiger partial charge is 0.416 e. The molecule has 2 aliphatic rings. The zero-order valence-electron chi connectivity index (χ0n) is 13.5. The van der Waals surface area contributed by atoms with Gasteiger partial charge in [0.25, 0.3) is 0 Å². The Morgan fingerprint density at radius 1 is 1.23 bits per heavy atom. The topological polar surface area (TPSA) is 49.9 Å². The molecule has 1 aromatic carbocycles. The molecule has 0 bridgehead atoms. The number of benzene rings is 1. The number of hydrogen-bond acceptors (Lipinski definition) is 5. The Morgan fingerprint density at radius 3 is 2.58 bits per heavy atom. The zero-order valence-corrected chi connectivity index (χ0v) is 15.1. The van der Waals surface area contributed by atoms with Crippen LogP contribution in [0.15, 0.2) is 24.3 Å². The first-order chi connectivity index (χ1) is 12.3. The smallest absolute Gasteiger partial charge is 0.378 e. The van der Waals surface area contributed by atoms with Crippen molar-refractivity contribution in [1.29, 1.82) is 0 Å². The van der Waals surface area contributed by atoms with Crippen LogP contribution in [0.25, 0.3) is 0 Å². The molecule has 0 spiro atoms. The molecule has 0 N–H and O–H groups in total. The maximum Gasteiger partial charge on any atom is 0.416 e. The Balaban J connectivity index is 1.74. The Hall–Kier alpha value is -1.65.